The van der Waals surface area contributed by atoms with Gasteiger partial charge in [-0.3, -0.25) is 4.79 Å². The van der Waals surface area contributed by atoms with Gasteiger partial charge in [0, 0.05) is 42.8 Å². The average molecular weight is 443 g/mol. The van der Waals surface area contributed by atoms with Crippen LogP contribution in [0.1, 0.15) is 0 Å². The number of amides is 1. The first-order chi connectivity index (χ1) is 14.6. The number of hydrogen-bond donors (Lipinski definition) is 0. The van der Waals surface area contributed by atoms with E-state index < -0.39 is 0 Å². The molecule has 0 radical (unpaired) electrons. The summed E-state index contributed by atoms with van der Waals surface area (Å²) in [6.07, 6.45) is 0. The number of halogens is 2. The van der Waals surface area contributed by atoms with Gasteiger partial charge in [-0.05, 0) is 24.3 Å². The van der Waals surface area contributed by atoms with E-state index in [0.29, 0.717) is 42.0 Å². The molecule has 1 fully saturated rings. The maximum atomic E-state index is 12.5. The lowest BCUT2D eigenvalue weighted by Crippen LogP contribution is -2.50. The predicted octanol–water partition coefficient (Wildman–Crippen LogP) is 4.18. The number of piperazine rings is 1. The Hall–Kier alpha value is -2.83. The van der Waals surface area contributed by atoms with Crippen LogP contribution in [0.3, 0.4) is 0 Å². The summed E-state index contributed by atoms with van der Waals surface area (Å²) in [5.41, 5.74) is 1.87. The molecule has 0 atom stereocenters. The first-order valence-corrected chi connectivity index (χ1v) is 10.4. The first kappa shape index (κ1) is 20.4. The molecular weight excluding hydrogens is 423 g/mol. The van der Waals surface area contributed by atoms with E-state index in [1.54, 1.807) is 23.1 Å². The highest BCUT2D eigenvalue weighted by Crippen LogP contribution is 2.27. The SMILES string of the molecule is O=C(COc1cc(Cl)ccc1Cl)N1CCN(c2ccc(-c3ccccc3)nn2)CC1. The molecule has 4 rings (SSSR count). The smallest absolute Gasteiger partial charge is 0.260 e. The average Bonchev–Trinajstić information content (AvgIpc) is 2.80. The molecule has 6 nitrogen and oxygen atoms in total. The van der Waals surface area contributed by atoms with Gasteiger partial charge in [-0.15, -0.1) is 10.2 Å². The highest BCUT2D eigenvalue weighted by molar-refractivity contribution is 6.34. The standard InChI is InChI=1S/C22H20Cl2N4O2/c23-17-6-7-18(24)20(14-17)30-15-22(29)28-12-10-27(11-13-28)21-9-8-19(25-26-21)16-4-2-1-3-5-16/h1-9,14H,10-13,15H2. The zero-order chi connectivity index (χ0) is 20.9. The Morgan fingerprint density at radius 3 is 2.40 bits per heavy atom. The number of benzene rings is 2. The molecule has 1 saturated heterocycles. The maximum Gasteiger partial charge on any atom is 0.260 e. The number of anilines is 1. The van der Waals surface area contributed by atoms with Gasteiger partial charge in [0.1, 0.15) is 5.75 Å². The Bertz CT molecular complexity index is 1010. The minimum absolute atomic E-state index is 0.0777. The Labute approximate surface area is 185 Å². The molecule has 0 saturated carbocycles. The fourth-order valence-corrected chi connectivity index (χ4v) is 3.59. The van der Waals surface area contributed by atoms with Gasteiger partial charge in [-0.2, -0.15) is 0 Å². The van der Waals surface area contributed by atoms with Crippen molar-refractivity contribution in [3.05, 3.63) is 70.7 Å². The Kier molecular flexibility index (Phi) is 6.35. The lowest BCUT2D eigenvalue weighted by molar-refractivity contribution is -0.133. The van der Waals surface area contributed by atoms with Crippen LogP contribution in [0.2, 0.25) is 10.0 Å². The lowest BCUT2D eigenvalue weighted by atomic mass is 10.1. The number of nitrogens with zero attached hydrogens (tertiary/aromatic N) is 4. The van der Waals surface area contributed by atoms with Gasteiger partial charge in [-0.1, -0.05) is 53.5 Å². The molecule has 30 heavy (non-hydrogen) atoms. The van der Waals surface area contributed by atoms with Crippen molar-refractivity contribution in [3.63, 3.8) is 0 Å². The van der Waals surface area contributed by atoms with E-state index in [-0.39, 0.29) is 12.5 Å². The third-order valence-electron chi connectivity index (χ3n) is 4.92. The monoisotopic (exact) mass is 442 g/mol. The lowest BCUT2D eigenvalue weighted by Gasteiger charge is -2.35. The van der Waals surface area contributed by atoms with Crippen molar-refractivity contribution >= 4 is 34.9 Å². The van der Waals surface area contributed by atoms with Crippen LogP contribution in [-0.4, -0.2) is 53.8 Å². The van der Waals surface area contributed by atoms with Crippen LogP contribution in [0.4, 0.5) is 5.82 Å². The zero-order valence-electron chi connectivity index (χ0n) is 16.2. The second-order valence-corrected chi connectivity index (χ2v) is 7.72. The minimum atomic E-state index is -0.0869. The molecule has 1 amide bonds. The van der Waals surface area contributed by atoms with Gasteiger partial charge >= 0.3 is 0 Å². The Morgan fingerprint density at radius 1 is 0.933 bits per heavy atom. The molecule has 2 heterocycles. The summed E-state index contributed by atoms with van der Waals surface area (Å²) < 4.78 is 5.56. The Balaban J connectivity index is 1.30. The van der Waals surface area contributed by atoms with Gasteiger partial charge in [0.05, 0.1) is 10.7 Å². The van der Waals surface area contributed by atoms with Crippen LogP contribution in [0, 0.1) is 0 Å². The predicted molar refractivity (Wildman–Crippen MR) is 118 cm³/mol. The van der Waals surface area contributed by atoms with Crippen molar-refractivity contribution in [2.45, 2.75) is 0 Å². The summed E-state index contributed by atoms with van der Waals surface area (Å²) in [5, 5.41) is 9.64. The second kappa shape index (κ2) is 9.32. The van der Waals surface area contributed by atoms with Gasteiger partial charge in [0.25, 0.3) is 5.91 Å². The van der Waals surface area contributed by atoms with Crippen molar-refractivity contribution in [2.24, 2.45) is 0 Å². The van der Waals surface area contributed by atoms with Crippen LogP contribution < -0.4 is 9.64 Å². The topological polar surface area (TPSA) is 58.6 Å². The molecule has 0 aliphatic carbocycles. The van der Waals surface area contributed by atoms with Crippen LogP contribution >= 0.6 is 23.2 Å². The van der Waals surface area contributed by atoms with Gasteiger partial charge in [-0.25, -0.2) is 0 Å². The number of rotatable bonds is 5. The summed E-state index contributed by atoms with van der Waals surface area (Å²) in [7, 11) is 0. The number of carbonyl (C=O) groups is 1. The van der Waals surface area contributed by atoms with Crippen LogP contribution in [0.25, 0.3) is 11.3 Å². The van der Waals surface area contributed by atoms with Crippen LogP contribution in [-0.2, 0) is 4.79 Å². The summed E-state index contributed by atoms with van der Waals surface area (Å²) in [6.45, 7) is 2.47. The van der Waals surface area contributed by atoms with E-state index in [1.807, 2.05) is 42.5 Å². The molecule has 3 aromatic rings. The molecule has 0 bridgehead atoms. The number of ether oxygens (including phenoxy) is 1. The third kappa shape index (κ3) is 4.83. The Morgan fingerprint density at radius 2 is 1.70 bits per heavy atom. The fraction of sp³-hybridized carbons (Fsp3) is 0.227. The van der Waals surface area contributed by atoms with E-state index in [4.69, 9.17) is 27.9 Å². The van der Waals surface area contributed by atoms with Crippen LogP contribution in [0.5, 0.6) is 5.75 Å². The zero-order valence-corrected chi connectivity index (χ0v) is 17.7. The van der Waals surface area contributed by atoms with Gasteiger partial charge in [0.15, 0.2) is 12.4 Å². The highest BCUT2D eigenvalue weighted by Gasteiger charge is 2.22. The van der Waals surface area contributed by atoms with Crippen molar-refractivity contribution in [1.82, 2.24) is 15.1 Å². The summed E-state index contributed by atoms with van der Waals surface area (Å²) in [6, 6.07) is 18.8. The van der Waals surface area contributed by atoms with Crippen molar-refractivity contribution in [3.8, 4) is 17.0 Å². The largest absolute Gasteiger partial charge is 0.482 e. The highest BCUT2D eigenvalue weighted by atomic mass is 35.5. The summed E-state index contributed by atoms with van der Waals surface area (Å²) >= 11 is 12.0. The van der Waals surface area contributed by atoms with E-state index in [0.717, 1.165) is 17.1 Å². The molecule has 154 valence electrons. The molecule has 2 aromatic carbocycles. The molecule has 8 heteroatoms. The molecule has 0 N–H and O–H groups in total. The van der Waals surface area contributed by atoms with Crippen molar-refractivity contribution in [1.29, 1.82) is 0 Å². The summed E-state index contributed by atoms with van der Waals surface area (Å²) in [5.74, 6) is 1.13. The molecule has 1 aliphatic rings. The second-order valence-electron chi connectivity index (χ2n) is 6.87. The van der Waals surface area contributed by atoms with Crippen molar-refractivity contribution < 1.29 is 9.53 Å². The summed E-state index contributed by atoms with van der Waals surface area (Å²) in [4.78, 5) is 16.4. The number of aromatic nitrogens is 2. The molecule has 1 aromatic heterocycles. The van der Waals surface area contributed by atoms with E-state index in [9.17, 15) is 4.79 Å². The van der Waals surface area contributed by atoms with E-state index in [1.165, 1.54) is 0 Å². The normalized spacial score (nSPS) is 13.9. The molecular formula is C22H20Cl2N4O2. The molecule has 0 spiro atoms. The minimum Gasteiger partial charge on any atom is -0.482 e. The third-order valence-corrected chi connectivity index (χ3v) is 5.47. The molecule has 0 unspecified atom stereocenters. The van der Waals surface area contributed by atoms with Gasteiger partial charge in [0.2, 0.25) is 0 Å². The quantitative estimate of drug-likeness (QED) is 0.592. The van der Waals surface area contributed by atoms with Crippen molar-refractivity contribution in [2.75, 3.05) is 37.7 Å². The number of carbonyl (C=O) groups excluding carboxylic acids is 1. The van der Waals surface area contributed by atoms with Gasteiger partial charge < -0.3 is 14.5 Å². The first-order valence-electron chi connectivity index (χ1n) is 9.60. The van der Waals surface area contributed by atoms with E-state index in [2.05, 4.69) is 15.1 Å². The number of hydrogen-bond acceptors (Lipinski definition) is 5. The maximum absolute atomic E-state index is 12.5. The van der Waals surface area contributed by atoms with E-state index >= 15 is 0 Å². The van der Waals surface area contributed by atoms with Crippen LogP contribution in [0.15, 0.2) is 60.7 Å². The fourth-order valence-electron chi connectivity index (χ4n) is 3.26. The molecule has 1 aliphatic heterocycles.